The summed E-state index contributed by atoms with van der Waals surface area (Å²) in [5, 5.41) is 6.33. The average molecular weight is 292 g/mol. The van der Waals surface area contributed by atoms with Crippen molar-refractivity contribution in [3.05, 3.63) is 17.3 Å². The molecule has 0 aliphatic carbocycles. The first kappa shape index (κ1) is 13.7. The van der Waals surface area contributed by atoms with E-state index in [4.69, 9.17) is 4.74 Å². The van der Waals surface area contributed by atoms with Gasteiger partial charge in [-0.2, -0.15) is 0 Å². The molecule has 0 spiro atoms. The lowest BCUT2D eigenvalue weighted by Crippen LogP contribution is -2.39. The molecule has 1 unspecified atom stereocenters. The molecule has 5 nitrogen and oxygen atoms in total. The van der Waals surface area contributed by atoms with Gasteiger partial charge in [0.1, 0.15) is 16.5 Å². The topological polar surface area (TPSA) is 50.3 Å². The zero-order chi connectivity index (χ0) is 13.9. The maximum absolute atomic E-state index is 5.47. The van der Waals surface area contributed by atoms with Gasteiger partial charge in [-0.15, -0.1) is 11.3 Å². The lowest BCUT2D eigenvalue weighted by atomic mass is 10.1. The fourth-order valence-corrected chi connectivity index (χ4v) is 3.49. The highest BCUT2D eigenvalue weighted by molar-refractivity contribution is 7.16. The normalized spacial score (nSPS) is 20.4. The van der Waals surface area contributed by atoms with E-state index in [1.54, 1.807) is 18.4 Å². The summed E-state index contributed by atoms with van der Waals surface area (Å²) in [6.07, 6.45) is 2.68. The lowest BCUT2D eigenvalue weighted by molar-refractivity contribution is 0.0277. The molecule has 1 saturated heterocycles. The van der Waals surface area contributed by atoms with Gasteiger partial charge >= 0.3 is 0 Å². The number of likely N-dealkylation sites (tertiary alicyclic amines) is 1. The van der Waals surface area contributed by atoms with Crippen molar-refractivity contribution in [2.75, 3.05) is 32.6 Å². The van der Waals surface area contributed by atoms with E-state index in [9.17, 15) is 0 Å². The standard InChI is InChI=1S/C14H20N4OS/c1-15-13-11-5-7-20-14(11)17-12(16-13)9-18-6-3-4-10(8-18)19-2/h5,7,10H,3-4,6,8-9H2,1-2H3,(H,15,16,17). The minimum absolute atomic E-state index is 0.345. The number of hydrogen-bond acceptors (Lipinski definition) is 6. The number of nitrogens with zero attached hydrogens (tertiary/aromatic N) is 3. The zero-order valence-corrected chi connectivity index (χ0v) is 12.7. The van der Waals surface area contributed by atoms with Crippen LogP contribution >= 0.6 is 11.3 Å². The first-order chi connectivity index (χ1) is 9.80. The Morgan fingerprint density at radius 3 is 3.20 bits per heavy atom. The summed E-state index contributed by atoms with van der Waals surface area (Å²) in [6, 6.07) is 2.07. The van der Waals surface area contributed by atoms with Crippen LogP contribution < -0.4 is 5.32 Å². The van der Waals surface area contributed by atoms with E-state index < -0.39 is 0 Å². The number of aromatic nitrogens is 2. The Morgan fingerprint density at radius 1 is 1.50 bits per heavy atom. The van der Waals surface area contributed by atoms with Crippen LogP contribution in [0.4, 0.5) is 5.82 Å². The van der Waals surface area contributed by atoms with Gasteiger partial charge in [-0.3, -0.25) is 4.90 Å². The molecule has 0 aromatic carbocycles. The first-order valence-corrected chi connectivity index (χ1v) is 7.85. The van der Waals surface area contributed by atoms with Crippen molar-refractivity contribution in [1.82, 2.24) is 14.9 Å². The van der Waals surface area contributed by atoms with Crippen LogP contribution in [0.1, 0.15) is 18.7 Å². The summed E-state index contributed by atoms with van der Waals surface area (Å²) in [6.45, 7) is 2.86. The van der Waals surface area contributed by atoms with Crippen molar-refractivity contribution in [1.29, 1.82) is 0 Å². The number of fused-ring (bicyclic) bond motifs is 1. The van der Waals surface area contributed by atoms with Gasteiger partial charge in [-0.1, -0.05) is 0 Å². The van der Waals surface area contributed by atoms with Crippen LogP contribution in [-0.4, -0.2) is 48.2 Å². The number of methoxy groups -OCH3 is 1. The van der Waals surface area contributed by atoms with Crippen LogP contribution in [0, 0.1) is 0 Å². The van der Waals surface area contributed by atoms with Gasteiger partial charge in [-0.05, 0) is 30.8 Å². The van der Waals surface area contributed by atoms with Gasteiger partial charge in [0, 0.05) is 20.7 Å². The lowest BCUT2D eigenvalue weighted by Gasteiger charge is -2.31. The maximum Gasteiger partial charge on any atom is 0.146 e. The highest BCUT2D eigenvalue weighted by Gasteiger charge is 2.20. The molecule has 3 heterocycles. The summed E-state index contributed by atoms with van der Waals surface area (Å²) in [5.74, 6) is 1.81. The predicted molar refractivity (Wildman–Crippen MR) is 82.3 cm³/mol. The fourth-order valence-electron chi connectivity index (χ4n) is 2.71. The first-order valence-electron chi connectivity index (χ1n) is 6.97. The molecule has 1 fully saturated rings. The molecule has 0 radical (unpaired) electrons. The number of hydrogen-bond donors (Lipinski definition) is 1. The number of nitrogens with one attached hydrogen (secondary N) is 1. The Morgan fingerprint density at radius 2 is 2.40 bits per heavy atom. The zero-order valence-electron chi connectivity index (χ0n) is 11.9. The predicted octanol–water partition coefficient (Wildman–Crippen LogP) is 2.34. The third-order valence-corrected chi connectivity index (χ3v) is 4.58. The van der Waals surface area contributed by atoms with E-state index in [1.165, 1.54) is 6.42 Å². The minimum atomic E-state index is 0.345. The van der Waals surface area contributed by atoms with Crippen LogP contribution in [0.15, 0.2) is 11.4 Å². The van der Waals surface area contributed by atoms with Crippen LogP contribution in [-0.2, 0) is 11.3 Å². The molecule has 1 atom stereocenters. The number of ether oxygens (including phenoxy) is 1. The van der Waals surface area contributed by atoms with Crippen LogP contribution in [0.5, 0.6) is 0 Å². The van der Waals surface area contributed by atoms with Gasteiger partial charge < -0.3 is 10.1 Å². The third kappa shape index (κ3) is 2.77. The number of rotatable bonds is 4. The molecular formula is C14H20N4OS. The Balaban J connectivity index is 1.79. The van der Waals surface area contributed by atoms with Gasteiger partial charge in [-0.25, -0.2) is 9.97 Å². The smallest absolute Gasteiger partial charge is 0.146 e. The van der Waals surface area contributed by atoms with E-state index in [1.807, 2.05) is 7.05 Å². The molecule has 0 saturated carbocycles. The van der Waals surface area contributed by atoms with Crippen molar-refractivity contribution in [3.8, 4) is 0 Å². The SMILES string of the molecule is CNc1nc(CN2CCCC(OC)C2)nc2sccc12. The molecule has 1 N–H and O–H groups in total. The van der Waals surface area contributed by atoms with Crippen molar-refractivity contribution >= 4 is 27.4 Å². The van der Waals surface area contributed by atoms with Gasteiger partial charge in [0.15, 0.2) is 0 Å². The largest absolute Gasteiger partial charge is 0.380 e. The minimum Gasteiger partial charge on any atom is -0.380 e. The molecule has 0 bridgehead atoms. The van der Waals surface area contributed by atoms with Crippen molar-refractivity contribution < 1.29 is 4.74 Å². The molecular weight excluding hydrogens is 272 g/mol. The quantitative estimate of drug-likeness (QED) is 0.937. The maximum atomic E-state index is 5.47. The Bertz CT molecular complexity index is 586. The van der Waals surface area contributed by atoms with Crippen molar-refractivity contribution in [3.63, 3.8) is 0 Å². The van der Waals surface area contributed by atoms with E-state index in [0.717, 1.165) is 47.9 Å². The van der Waals surface area contributed by atoms with E-state index in [2.05, 4.69) is 31.6 Å². The molecule has 3 rings (SSSR count). The highest BCUT2D eigenvalue weighted by Crippen LogP contribution is 2.25. The van der Waals surface area contributed by atoms with Crippen LogP contribution in [0.25, 0.3) is 10.2 Å². The molecule has 1 aliphatic heterocycles. The van der Waals surface area contributed by atoms with E-state index in [0.29, 0.717) is 6.10 Å². The van der Waals surface area contributed by atoms with Crippen molar-refractivity contribution in [2.45, 2.75) is 25.5 Å². The number of thiophene rings is 1. The summed E-state index contributed by atoms with van der Waals surface area (Å²) in [7, 11) is 3.70. The van der Waals surface area contributed by atoms with Gasteiger partial charge in [0.25, 0.3) is 0 Å². The monoisotopic (exact) mass is 292 g/mol. The second-order valence-electron chi connectivity index (χ2n) is 5.11. The number of piperidine rings is 1. The fraction of sp³-hybridized carbons (Fsp3) is 0.571. The van der Waals surface area contributed by atoms with E-state index >= 15 is 0 Å². The summed E-state index contributed by atoms with van der Waals surface area (Å²) in [4.78, 5) is 12.7. The molecule has 0 amide bonds. The van der Waals surface area contributed by atoms with Crippen LogP contribution in [0.2, 0.25) is 0 Å². The second-order valence-corrected chi connectivity index (χ2v) is 6.01. The molecule has 20 heavy (non-hydrogen) atoms. The number of anilines is 1. The van der Waals surface area contributed by atoms with Gasteiger partial charge in [0.2, 0.25) is 0 Å². The summed E-state index contributed by atoms with van der Waals surface area (Å²) >= 11 is 1.66. The highest BCUT2D eigenvalue weighted by atomic mass is 32.1. The Kier molecular flexibility index (Phi) is 4.14. The summed E-state index contributed by atoms with van der Waals surface area (Å²) in [5.41, 5.74) is 0. The molecule has 2 aromatic rings. The molecule has 2 aromatic heterocycles. The summed E-state index contributed by atoms with van der Waals surface area (Å²) < 4.78 is 5.47. The Labute approximate surface area is 123 Å². The third-order valence-electron chi connectivity index (χ3n) is 3.77. The van der Waals surface area contributed by atoms with Crippen molar-refractivity contribution in [2.24, 2.45) is 0 Å². The molecule has 1 aliphatic rings. The second kappa shape index (κ2) is 6.03. The molecule has 108 valence electrons. The van der Waals surface area contributed by atoms with Gasteiger partial charge in [0.05, 0.1) is 18.0 Å². The van der Waals surface area contributed by atoms with E-state index in [-0.39, 0.29) is 0 Å². The molecule has 6 heteroatoms. The van der Waals surface area contributed by atoms with Crippen LogP contribution in [0.3, 0.4) is 0 Å². The average Bonchev–Trinajstić information content (AvgIpc) is 2.95. The Hall–Kier alpha value is -1.24.